The second-order valence-electron chi connectivity index (χ2n) is 8.77. The Balaban J connectivity index is 1.16. The van der Waals surface area contributed by atoms with Crippen LogP contribution in [0, 0.1) is 5.92 Å². The van der Waals surface area contributed by atoms with Gasteiger partial charge in [0.1, 0.15) is 0 Å². The Hall–Kier alpha value is -3.21. The average molecular weight is 415 g/mol. The minimum Gasteiger partial charge on any atom is -0.347 e. The molecule has 0 saturated carbocycles. The summed E-state index contributed by atoms with van der Waals surface area (Å²) in [7, 11) is 2.03. The standard InChI is InChI=1S/C26H30N4O/c1-28-25(18-27-28)22-8-9-24-23(17-22)13-16-30(24)19-21-11-14-29(15-12-21)26(31)10-7-20-5-3-2-4-6-20/h2-6,8-9,13,16-18,21,27H,7,10-12,14-15,19H2,1H3. The van der Waals surface area contributed by atoms with Crippen molar-refractivity contribution >= 4 is 16.8 Å². The number of aryl methyl sites for hydroxylation is 2. The average Bonchev–Trinajstić information content (AvgIpc) is 3.19. The van der Waals surface area contributed by atoms with E-state index in [2.05, 4.69) is 57.2 Å². The molecule has 0 bridgehead atoms. The number of carbonyl (C=O) groups excluding carboxylic acids is 1. The monoisotopic (exact) mass is 414 g/mol. The van der Waals surface area contributed by atoms with Gasteiger partial charge in [-0.15, -0.1) is 0 Å². The molecule has 1 fully saturated rings. The first-order valence-electron chi connectivity index (χ1n) is 11.3. The number of H-pyrrole nitrogens is 1. The summed E-state index contributed by atoms with van der Waals surface area (Å²) in [5, 5.41) is 4.41. The Morgan fingerprint density at radius 2 is 1.87 bits per heavy atom. The molecule has 0 radical (unpaired) electrons. The lowest BCUT2D eigenvalue weighted by Crippen LogP contribution is -2.39. The van der Waals surface area contributed by atoms with Gasteiger partial charge in [-0.2, -0.15) is 0 Å². The molecule has 31 heavy (non-hydrogen) atoms. The number of rotatable bonds is 6. The number of aromatic amines is 1. The molecule has 0 unspecified atom stereocenters. The third kappa shape index (κ3) is 4.18. The predicted molar refractivity (Wildman–Crippen MR) is 125 cm³/mol. The second-order valence-corrected chi connectivity index (χ2v) is 8.77. The number of benzene rings is 2. The van der Waals surface area contributed by atoms with Crippen LogP contribution in [0.4, 0.5) is 0 Å². The fourth-order valence-electron chi connectivity index (χ4n) is 4.75. The number of hydrogen-bond donors (Lipinski definition) is 1. The summed E-state index contributed by atoms with van der Waals surface area (Å²) in [5.41, 5.74) is 5.00. The highest BCUT2D eigenvalue weighted by Crippen LogP contribution is 2.27. The van der Waals surface area contributed by atoms with Crippen LogP contribution in [0.3, 0.4) is 0 Å². The van der Waals surface area contributed by atoms with Gasteiger partial charge in [0.05, 0.1) is 5.69 Å². The number of aromatic nitrogens is 3. The second kappa shape index (κ2) is 8.50. The molecule has 0 aliphatic carbocycles. The molecule has 3 heterocycles. The van der Waals surface area contributed by atoms with Crippen molar-refractivity contribution < 1.29 is 4.79 Å². The van der Waals surface area contributed by atoms with E-state index in [1.807, 2.05) is 36.1 Å². The maximum Gasteiger partial charge on any atom is 0.222 e. The minimum atomic E-state index is 0.297. The topological polar surface area (TPSA) is 46.0 Å². The van der Waals surface area contributed by atoms with Crippen LogP contribution in [0.5, 0.6) is 0 Å². The number of carbonyl (C=O) groups is 1. The van der Waals surface area contributed by atoms with Crippen LogP contribution in [-0.2, 0) is 24.8 Å². The normalized spacial score (nSPS) is 15.1. The molecule has 1 saturated heterocycles. The molecule has 160 valence electrons. The lowest BCUT2D eigenvalue weighted by molar-refractivity contribution is -0.132. The zero-order valence-electron chi connectivity index (χ0n) is 18.1. The van der Waals surface area contributed by atoms with Crippen LogP contribution in [0.15, 0.2) is 67.0 Å². The van der Waals surface area contributed by atoms with E-state index >= 15 is 0 Å². The van der Waals surface area contributed by atoms with E-state index in [9.17, 15) is 4.79 Å². The highest BCUT2D eigenvalue weighted by Gasteiger charge is 2.23. The first-order valence-corrected chi connectivity index (χ1v) is 11.3. The number of nitrogens with one attached hydrogen (secondary N) is 1. The number of likely N-dealkylation sites (tertiary alicyclic amines) is 1. The van der Waals surface area contributed by atoms with Gasteiger partial charge in [-0.3, -0.25) is 9.48 Å². The molecule has 1 N–H and O–H groups in total. The number of fused-ring (bicyclic) bond motifs is 1. The molecular formula is C26H30N4O. The molecule has 1 aliphatic heterocycles. The van der Waals surface area contributed by atoms with Gasteiger partial charge < -0.3 is 14.6 Å². The first-order chi connectivity index (χ1) is 15.2. The Kier molecular flexibility index (Phi) is 5.41. The highest BCUT2D eigenvalue weighted by atomic mass is 16.2. The highest BCUT2D eigenvalue weighted by molar-refractivity contribution is 5.85. The molecule has 0 spiro atoms. The van der Waals surface area contributed by atoms with Crippen molar-refractivity contribution in [1.29, 1.82) is 0 Å². The van der Waals surface area contributed by atoms with Crippen molar-refractivity contribution in [3.05, 3.63) is 72.6 Å². The van der Waals surface area contributed by atoms with Gasteiger partial charge in [-0.25, -0.2) is 0 Å². The van der Waals surface area contributed by atoms with E-state index in [-0.39, 0.29) is 0 Å². The SMILES string of the molecule is Cn1[nH]cc1-c1ccc2c(ccn2CC2CCN(C(=O)CCc3ccccc3)CC2)c1. The van der Waals surface area contributed by atoms with E-state index in [4.69, 9.17) is 0 Å². The van der Waals surface area contributed by atoms with Crippen molar-refractivity contribution in [2.45, 2.75) is 32.2 Å². The summed E-state index contributed by atoms with van der Waals surface area (Å²) in [6.45, 7) is 2.79. The van der Waals surface area contributed by atoms with Crippen molar-refractivity contribution in [3.63, 3.8) is 0 Å². The van der Waals surface area contributed by atoms with Crippen LogP contribution in [0.25, 0.3) is 22.2 Å². The number of hydrogen-bond acceptors (Lipinski definition) is 1. The number of amides is 1. The summed E-state index contributed by atoms with van der Waals surface area (Å²) < 4.78 is 4.42. The first kappa shape index (κ1) is 19.7. The summed E-state index contributed by atoms with van der Waals surface area (Å²) in [4.78, 5) is 14.7. The maximum atomic E-state index is 12.6. The molecule has 1 amide bonds. The maximum absolute atomic E-state index is 12.6. The molecule has 4 aromatic rings. The molecule has 5 nitrogen and oxygen atoms in total. The van der Waals surface area contributed by atoms with Gasteiger partial charge in [0, 0.05) is 62.0 Å². The van der Waals surface area contributed by atoms with Crippen LogP contribution in [0.1, 0.15) is 24.8 Å². The summed E-state index contributed by atoms with van der Waals surface area (Å²) >= 11 is 0. The fraction of sp³-hybridized carbons (Fsp3) is 0.346. The molecule has 2 aromatic heterocycles. The fourth-order valence-corrected chi connectivity index (χ4v) is 4.75. The Labute approximate surface area is 183 Å². The van der Waals surface area contributed by atoms with E-state index in [0.717, 1.165) is 38.9 Å². The lowest BCUT2D eigenvalue weighted by Gasteiger charge is -2.32. The van der Waals surface area contributed by atoms with Gasteiger partial charge in [-0.05, 0) is 48.9 Å². The van der Waals surface area contributed by atoms with Crippen LogP contribution in [0.2, 0.25) is 0 Å². The number of nitrogens with zero attached hydrogens (tertiary/aromatic N) is 3. The number of piperidine rings is 1. The predicted octanol–water partition coefficient (Wildman–Crippen LogP) is 4.85. The van der Waals surface area contributed by atoms with E-state index < -0.39 is 0 Å². The van der Waals surface area contributed by atoms with Gasteiger partial charge in [0.15, 0.2) is 0 Å². The molecular weight excluding hydrogens is 384 g/mol. The van der Waals surface area contributed by atoms with Gasteiger partial charge in [0.25, 0.3) is 0 Å². The van der Waals surface area contributed by atoms with E-state index in [1.54, 1.807) is 0 Å². The van der Waals surface area contributed by atoms with Crippen molar-refractivity contribution in [2.24, 2.45) is 13.0 Å². The Bertz CT molecular complexity index is 1160. The molecule has 5 rings (SSSR count). The van der Waals surface area contributed by atoms with Crippen molar-refractivity contribution in [3.8, 4) is 11.3 Å². The van der Waals surface area contributed by atoms with Gasteiger partial charge in [-0.1, -0.05) is 36.4 Å². The summed E-state index contributed by atoms with van der Waals surface area (Å²) in [6.07, 6.45) is 7.85. The summed E-state index contributed by atoms with van der Waals surface area (Å²) in [6, 6.07) is 19.2. The van der Waals surface area contributed by atoms with Gasteiger partial charge >= 0.3 is 0 Å². The Morgan fingerprint density at radius 1 is 1.06 bits per heavy atom. The van der Waals surface area contributed by atoms with E-state index in [0.29, 0.717) is 18.2 Å². The third-order valence-corrected chi connectivity index (χ3v) is 6.72. The van der Waals surface area contributed by atoms with Crippen LogP contribution in [-0.4, -0.2) is 38.2 Å². The molecule has 0 atom stereocenters. The third-order valence-electron chi connectivity index (χ3n) is 6.72. The van der Waals surface area contributed by atoms with Gasteiger partial charge in [0.2, 0.25) is 5.91 Å². The zero-order chi connectivity index (χ0) is 21.2. The van der Waals surface area contributed by atoms with Crippen LogP contribution < -0.4 is 0 Å². The quantitative estimate of drug-likeness (QED) is 0.482. The van der Waals surface area contributed by atoms with Crippen molar-refractivity contribution in [2.75, 3.05) is 13.1 Å². The minimum absolute atomic E-state index is 0.297. The van der Waals surface area contributed by atoms with Crippen LogP contribution >= 0.6 is 0 Å². The van der Waals surface area contributed by atoms with Crippen molar-refractivity contribution in [1.82, 2.24) is 19.2 Å². The Morgan fingerprint density at radius 3 is 2.58 bits per heavy atom. The summed E-state index contributed by atoms with van der Waals surface area (Å²) in [5.74, 6) is 0.920. The molecule has 2 aromatic carbocycles. The smallest absolute Gasteiger partial charge is 0.222 e. The largest absolute Gasteiger partial charge is 0.347 e. The zero-order valence-corrected chi connectivity index (χ0v) is 18.1. The van der Waals surface area contributed by atoms with E-state index in [1.165, 1.54) is 27.7 Å². The lowest BCUT2D eigenvalue weighted by atomic mass is 9.96. The molecule has 5 heteroatoms. The molecule has 1 aliphatic rings.